The fourth-order valence-corrected chi connectivity index (χ4v) is 1.81. The molecule has 0 aliphatic carbocycles. The summed E-state index contributed by atoms with van der Waals surface area (Å²) in [5.74, 6) is -1.29. The number of halogens is 3. The molecule has 3 nitrogen and oxygen atoms in total. The van der Waals surface area contributed by atoms with Crippen LogP contribution in [0.2, 0.25) is 0 Å². The van der Waals surface area contributed by atoms with Gasteiger partial charge in [0.2, 0.25) is 0 Å². The smallest absolute Gasteiger partial charge is 0.168 e. The molecule has 0 heterocycles. The first-order valence-corrected chi connectivity index (χ1v) is 6.06. The Kier molecular flexibility index (Phi) is 3.90. The minimum Gasteiger partial charge on any atom is -0.494 e. The molecule has 19 heavy (non-hydrogen) atoms. The van der Waals surface area contributed by atoms with Crippen LogP contribution in [-0.2, 0) is 0 Å². The normalized spacial score (nSPS) is 10.3. The number of ether oxygens (including phenoxy) is 2. The quantitative estimate of drug-likeness (QED) is 0.862. The average Bonchev–Trinajstić information content (AvgIpc) is 2.35. The van der Waals surface area contributed by atoms with Crippen molar-refractivity contribution in [2.24, 2.45) is 0 Å². The van der Waals surface area contributed by atoms with Gasteiger partial charge in [-0.3, -0.25) is 0 Å². The van der Waals surface area contributed by atoms with Gasteiger partial charge in [0.25, 0.3) is 0 Å². The van der Waals surface area contributed by atoms with Crippen molar-refractivity contribution in [1.29, 1.82) is 0 Å². The second kappa shape index (κ2) is 5.44. The Morgan fingerprint density at radius 2 is 1.68 bits per heavy atom. The van der Waals surface area contributed by atoms with Crippen LogP contribution in [-0.4, -0.2) is 7.11 Å². The lowest BCUT2D eigenvalue weighted by atomic mass is 10.2. The summed E-state index contributed by atoms with van der Waals surface area (Å²) >= 11 is 3.12. The Hall–Kier alpha value is -1.82. The summed E-state index contributed by atoms with van der Waals surface area (Å²) in [6, 6.07) is 6.53. The summed E-state index contributed by atoms with van der Waals surface area (Å²) in [6.07, 6.45) is 0. The summed E-state index contributed by atoms with van der Waals surface area (Å²) in [6.45, 7) is 0. The number of nitrogens with two attached hydrogens (primary N) is 1. The molecule has 100 valence electrons. The van der Waals surface area contributed by atoms with Crippen LogP contribution < -0.4 is 15.2 Å². The van der Waals surface area contributed by atoms with E-state index >= 15 is 0 Å². The molecule has 0 fully saturated rings. The molecule has 0 spiro atoms. The van der Waals surface area contributed by atoms with Crippen molar-refractivity contribution in [3.63, 3.8) is 0 Å². The molecule has 0 atom stereocenters. The third-order valence-electron chi connectivity index (χ3n) is 2.40. The fourth-order valence-electron chi connectivity index (χ4n) is 1.48. The Morgan fingerprint density at radius 3 is 2.32 bits per heavy atom. The Bertz CT molecular complexity index is 620. The molecule has 2 aromatic rings. The first-order valence-electron chi connectivity index (χ1n) is 5.27. The number of rotatable bonds is 3. The fraction of sp³-hybridized carbons (Fsp3) is 0.0769. The minimum absolute atomic E-state index is 0.0890. The molecule has 0 unspecified atom stereocenters. The van der Waals surface area contributed by atoms with Crippen LogP contribution in [0.4, 0.5) is 14.5 Å². The van der Waals surface area contributed by atoms with E-state index in [1.807, 2.05) is 0 Å². The Morgan fingerprint density at radius 1 is 1.00 bits per heavy atom. The van der Waals surface area contributed by atoms with E-state index in [9.17, 15) is 8.78 Å². The summed E-state index contributed by atoms with van der Waals surface area (Å²) in [4.78, 5) is 0. The lowest BCUT2D eigenvalue weighted by molar-refractivity contribution is 0.394. The molecule has 0 aliphatic rings. The molecule has 2 rings (SSSR count). The highest BCUT2D eigenvalue weighted by molar-refractivity contribution is 9.10. The molecule has 0 aromatic heterocycles. The number of hydrogen-bond donors (Lipinski definition) is 1. The van der Waals surface area contributed by atoms with Gasteiger partial charge in [0.05, 0.1) is 12.8 Å². The maximum Gasteiger partial charge on any atom is 0.168 e. The lowest BCUT2D eigenvalue weighted by Gasteiger charge is -2.11. The van der Waals surface area contributed by atoms with Crippen molar-refractivity contribution in [1.82, 2.24) is 0 Å². The van der Waals surface area contributed by atoms with Gasteiger partial charge in [-0.25, -0.2) is 8.78 Å². The summed E-state index contributed by atoms with van der Waals surface area (Å²) < 4.78 is 38.0. The number of nitrogen functional groups attached to an aromatic ring is 1. The van der Waals surface area contributed by atoms with Crippen LogP contribution in [0.15, 0.2) is 34.8 Å². The van der Waals surface area contributed by atoms with Gasteiger partial charge < -0.3 is 15.2 Å². The summed E-state index contributed by atoms with van der Waals surface area (Å²) in [5.41, 5.74) is 5.69. The monoisotopic (exact) mass is 329 g/mol. The van der Waals surface area contributed by atoms with Gasteiger partial charge in [-0.15, -0.1) is 0 Å². The van der Waals surface area contributed by atoms with Gasteiger partial charge >= 0.3 is 0 Å². The standard InChI is InChI=1S/C13H10BrF2NO2/c1-18-13-6-12(9(16)5-10(13)17)19-11-3-2-7(14)4-8(11)15/h2-6H,17H2,1H3. The van der Waals surface area contributed by atoms with Gasteiger partial charge in [0, 0.05) is 16.6 Å². The van der Waals surface area contributed by atoms with E-state index in [1.54, 1.807) is 6.07 Å². The number of hydrogen-bond acceptors (Lipinski definition) is 3. The van der Waals surface area contributed by atoms with Crippen molar-refractivity contribution < 1.29 is 18.3 Å². The molecular formula is C13H10BrF2NO2. The first-order chi connectivity index (χ1) is 9.01. The Balaban J connectivity index is 2.37. The van der Waals surface area contributed by atoms with Crippen LogP contribution in [0.5, 0.6) is 17.2 Å². The predicted octanol–water partition coefficient (Wildman–Crippen LogP) is 4.11. The van der Waals surface area contributed by atoms with E-state index in [4.69, 9.17) is 15.2 Å². The number of anilines is 1. The molecule has 0 aliphatic heterocycles. The van der Waals surface area contributed by atoms with Crippen LogP contribution in [0.25, 0.3) is 0 Å². The van der Waals surface area contributed by atoms with E-state index in [-0.39, 0.29) is 22.9 Å². The number of benzene rings is 2. The predicted molar refractivity (Wildman–Crippen MR) is 71.5 cm³/mol. The molecule has 6 heteroatoms. The van der Waals surface area contributed by atoms with E-state index in [2.05, 4.69) is 15.9 Å². The molecule has 2 N–H and O–H groups in total. The summed E-state index contributed by atoms with van der Waals surface area (Å²) in [7, 11) is 1.40. The number of methoxy groups -OCH3 is 1. The Labute approximate surface area is 117 Å². The van der Waals surface area contributed by atoms with Gasteiger partial charge in [0.1, 0.15) is 5.75 Å². The van der Waals surface area contributed by atoms with Crippen molar-refractivity contribution in [3.8, 4) is 17.2 Å². The van der Waals surface area contributed by atoms with E-state index in [1.165, 1.54) is 25.3 Å². The average molecular weight is 330 g/mol. The van der Waals surface area contributed by atoms with Gasteiger partial charge in [-0.1, -0.05) is 15.9 Å². The molecule has 0 amide bonds. The summed E-state index contributed by atoms with van der Waals surface area (Å²) in [5, 5.41) is 0. The van der Waals surface area contributed by atoms with Gasteiger partial charge in [-0.05, 0) is 18.2 Å². The first kappa shape index (κ1) is 13.6. The zero-order valence-corrected chi connectivity index (χ0v) is 11.5. The molecule has 0 saturated carbocycles. The molecule has 0 saturated heterocycles. The van der Waals surface area contributed by atoms with E-state index in [0.717, 1.165) is 6.07 Å². The highest BCUT2D eigenvalue weighted by Crippen LogP contribution is 2.34. The zero-order valence-electron chi connectivity index (χ0n) is 9.91. The van der Waals surface area contributed by atoms with Crippen molar-refractivity contribution in [3.05, 3.63) is 46.4 Å². The third kappa shape index (κ3) is 2.96. The topological polar surface area (TPSA) is 44.5 Å². The van der Waals surface area contributed by atoms with Crippen molar-refractivity contribution in [2.75, 3.05) is 12.8 Å². The van der Waals surface area contributed by atoms with Gasteiger partial charge in [-0.2, -0.15) is 0 Å². The van der Waals surface area contributed by atoms with E-state index < -0.39 is 11.6 Å². The molecule has 0 radical (unpaired) electrons. The molecular weight excluding hydrogens is 320 g/mol. The zero-order chi connectivity index (χ0) is 14.0. The minimum atomic E-state index is -0.694. The highest BCUT2D eigenvalue weighted by Gasteiger charge is 2.13. The van der Waals surface area contributed by atoms with Crippen molar-refractivity contribution >= 4 is 21.6 Å². The van der Waals surface area contributed by atoms with Crippen LogP contribution in [0.3, 0.4) is 0 Å². The molecule has 0 bridgehead atoms. The largest absolute Gasteiger partial charge is 0.494 e. The maximum atomic E-state index is 13.7. The SMILES string of the molecule is COc1cc(Oc2ccc(Br)cc2F)c(F)cc1N. The second-order valence-electron chi connectivity index (χ2n) is 3.70. The lowest BCUT2D eigenvalue weighted by Crippen LogP contribution is -1.97. The van der Waals surface area contributed by atoms with Gasteiger partial charge in [0.15, 0.2) is 23.1 Å². The van der Waals surface area contributed by atoms with Crippen LogP contribution >= 0.6 is 15.9 Å². The highest BCUT2D eigenvalue weighted by atomic mass is 79.9. The van der Waals surface area contributed by atoms with Crippen LogP contribution in [0.1, 0.15) is 0 Å². The van der Waals surface area contributed by atoms with E-state index in [0.29, 0.717) is 4.47 Å². The molecule has 2 aromatic carbocycles. The second-order valence-corrected chi connectivity index (χ2v) is 4.62. The van der Waals surface area contributed by atoms with Crippen LogP contribution in [0, 0.1) is 11.6 Å². The van der Waals surface area contributed by atoms with Crippen molar-refractivity contribution in [2.45, 2.75) is 0 Å². The maximum absolute atomic E-state index is 13.7. The third-order valence-corrected chi connectivity index (χ3v) is 2.89.